The molecule has 47 heavy (non-hydrogen) atoms. The zero-order valence-electron chi connectivity index (χ0n) is 27.0. The van der Waals surface area contributed by atoms with E-state index in [1.165, 1.54) is 0 Å². The maximum atomic E-state index is 14.4. The lowest BCUT2D eigenvalue weighted by Gasteiger charge is -2.34. The van der Waals surface area contributed by atoms with Crippen LogP contribution in [-0.4, -0.2) is 50.0 Å². The molecule has 2 amide bonds. The highest BCUT2D eigenvalue weighted by Gasteiger charge is 2.34. The number of amides is 2. The minimum atomic E-state index is -3.87. The average molecular weight is 654 g/mol. The highest BCUT2D eigenvalue weighted by atomic mass is 32.2. The van der Waals surface area contributed by atoms with Crippen molar-refractivity contribution in [1.82, 2.24) is 10.2 Å². The minimum Gasteiger partial charge on any atom is -0.489 e. The summed E-state index contributed by atoms with van der Waals surface area (Å²) in [5.41, 5.74) is 4.12. The summed E-state index contributed by atoms with van der Waals surface area (Å²) in [5.74, 6) is -0.121. The normalized spacial score (nSPS) is 13.9. The number of ether oxygens (including phenoxy) is 1. The monoisotopic (exact) mass is 653 g/mol. The summed E-state index contributed by atoms with van der Waals surface area (Å²) in [7, 11) is -3.87. The molecule has 0 saturated heterocycles. The van der Waals surface area contributed by atoms with Crippen molar-refractivity contribution in [2.45, 2.75) is 64.3 Å². The van der Waals surface area contributed by atoms with Crippen molar-refractivity contribution in [3.63, 3.8) is 0 Å². The van der Waals surface area contributed by atoms with Gasteiger partial charge in [-0.1, -0.05) is 97.8 Å². The Labute approximate surface area is 278 Å². The van der Waals surface area contributed by atoms with E-state index in [0.29, 0.717) is 24.5 Å². The van der Waals surface area contributed by atoms with Crippen molar-refractivity contribution in [1.29, 1.82) is 0 Å². The molecule has 1 unspecified atom stereocenters. The molecular weight excluding hydrogens is 611 g/mol. The highest BCUT2D eigenvalue weighted by molar-refractivity contribution is 7.92. The highest BCUT2D eigenvalue weighted by Crippen LogP contribution is 2.25. The summed E-state index contributed by atoms with van der Waals surface area (Å²) in [6.45, 7) is 2.03. The molecule has 4 aromatic carbocycles. The van der Waals surface area contributed by atoms with E-state index < -0.39 is 28.5 Å². The Morgan fingerprint density at radius 1 is 0.830 bits per heavy atom. The Balaban J connectivity index is 1.43. The van der Waals surface area contributed by atoms with Crippen molar-refractivity contribution in [3.8, 4) is 5.75 Å². The van der Waals surface area contributed by atoms with E-state index in [9.17, 15) is 18.0 Å². The second-order valence-electron chi connectivity index (χ2n) is 12.2. The fourth-order valence-corrected chi connectivity index (χ4v) is 6.81. The Bertz CT molecular complexity index is 1720. The van der Waals surface area contributed by atoms with Gasteiger partial charge in [0.25, 0.3) is 0 Å². The van der Waals surface area contributed by atoms with Gasteiger partial charge in [-0.3, -0.25) is 13.9 Å². The van der Waals surface area contributed by atoms with E-state index in [0.717, 1.165) is 58.5 Å². The molecule has 1 fully saturated rings. The van der Waals surface area contributed by atoms with Crippen molar-refractivity contribution >= 4 is 27.5 Å². The third-order valence-corrected chi connectivity index (χ3v) is 9.77. The second kappa shape index (κ2) is 15.8. The zero-order chi connectivity index (χ0) is 33.2. The third kappa shape index (κ3) is 9.45. The molecular formula is C38H43N3O5S. The summed E-state index contributed by atoms with van der Waals surface area (Å²) in [4.78, 5) is 30.0. The Morgan fingerprint density at radius 3 is 2.04 bits per heavy atom. The van der Waals surface area contributed by atoms with E-state index in [4.69, 9.17) is 4.74 Å². The van der Waals surface area contributed by atoms with Gasteiger partial charge in [0, 0.05) is 19.0 Å². The first-order valence-corrected chi connectivity index (χ1v) is 17.9. The summed E-state index contributed by atoms with van der Waals surface area (Å²) < 4.78 is 33.3. The standard InChI is InChI=1S/C38H43N3O5S/c1-29-13-9-10-18-32(29)26-40(36(25-30-14-5-3-6-15-30)38(43)39-33-19-11-12-20-33)37(42)27-41(47(2,44)45)34-21-23-35(24-22-34)46-28-31-16-7-4-8-17-31/h3-10,13-18,21-24,33,36H,11-12,19-20,25-28H2,1-2H3,(H,39,43). The smallest absolute Gasteiger partial charge is 0.244 e. The van der Waals surface area contributed by atoms with E-state index >= 15 is 0 Å². The van der Waals surface area contributed by atoms with Crippen LogP contribution in [0.3, 0.4) is 0 Å². The Kier molecular flexibility index (Phi) is 11.3. The number of rotatable bonds is 14. The van der Waals surface area contributed by atoms with Crippen LogP contribution in [0.15, 0.2) is 109 Å². The van der Waals surface area contributed by atoms with Crippen LogP contribution >= 0.6 is 0 Å². The van der Waals surface area contributed by atoms with Gasteiger partial charge in [0.1, 0.15) is 24.9 Å². The molecule has 1 aliphatic carbocycles. The first kappa shape index (κ1) is 33.7. The number of sulfonamides is 1. The number of aryl methyl sites for hydroxylation is 1. The van der Waals surface area contributed by atoms with Gasteiger partial charge in [0.05, 0.1) is 11.9 Å². The Morgan fingerprint density at radius 2 is 1.43 bits per heavy atom. The number of anilines is 1. The van der Waals surface area contributed by atoms with Gasteiger partial charge in [-0.25, -0.2) is 8.42 Å². The maximum Gasteiger partial charge on any atom is 0.244 e. The average Bonchev–Trinajstić information content (AvgIpc) is 3.59. The molecule has 0 aromatic heterocycles. The number of benzene rings is 4. The number of carbonyl (C=O) groups is 2. The van der Waals surface area contributed by atoms with Crippen LogP contribution in [0.5, 0.6) is 5.75 Å². The molecule has 0 heterocycles. The SMILES string of the molecule is Cc1ccccc1CN(C(=O)CN(c1ccc(OCc2ccccc2)cc1)S(C)(=O)=O)C(Cc1ccccc1)C(=O)NC1CCCC1. The van der Waals surface area contributed by atoms with Crippen LogP contribution in [0.1, 0.15) is 47.9 Å². The molecule has 9 heteroatoms. The fraction of sp³-hybridized carbons (Fsp3) is 0.316. The molecule has 0 spiro atoms. The lowest BCUT2D eigenvalue weighted by molar-refractivity contribution is -0.140. The summed E-state index contributed by atoms with van der Waals surface area (Å²) in [5, 5.41) is 3.20. The van der Waals surface area contributed by atoms with Crippen LogP contribution in [0, 0.1) is 6.92 Å². The van der Waals surface area contributed by atoms with E-state index in [1.54, 1.807) is 29.2 Å². The van der Waals surface area contributed by atoms with Crippen LogP contribution < -0.4 is 14.4 Å². The van der Waals surface area contributed by atoms with Gasteiger partial charge >= 0.3 is 0 Å². The molecule has 1 saturated carbocycles. The largest absolute Gasteiger partial charge is 0.489 e. The van der Waals surface area contributed by atoms with Crippen LogP contribution in [-0.2, 0) is 39.2 Å². The number of nitrogens with one attached hydrogen (secondary N) is 1. The van der Waals surface area contributed by atoms with Crippen LogP contribution in [0.2, 0.25) is 0 Å². The molecule has 1 N–H and O–H groups in total. The van der Waals surface area contributed by atoms with Crippen molar-refractivity contribution in [2.75, 3.05) is 17.1 Å². The minimum absolute atomic E-state index is 0.0614. The first-order valence-electron chi connectivity index (χ1n) is 16.1. The number of hydrogen-bond donors (Lipinski definition) is 1. The molecule has 0 aliphatic heterocycles. The zero-order valence-corrected chi connectivity index (χ0v) is 27.9. The third-order valence-electron chi connectivity index (χ3n) is 8.63. The second-order valence-corrected chi connectivity index (χ2v) is 14.1. The maximum absolute atomic E-state index is 14.4. The quantitative estimate of drug-likeness (QED) is 0.179. The molecule has 0 radical (unpaired) electrons. The molecule has 0 bridgehead atoms. The van der Waals surface area contributed by atoms with Crippen molar-refractivity contribution in [2.24, 2.45) is 0 Å². The van der Waals surface area contributed by atoms with E-state index in [2.05, 4.69) is 5.32 Å². The van der Waals surface area contributed by atoms with E-state index in [1.807, 2.05) is 91.9 Å². The topological polar surface area (TPSA) is 96.0 Å². The number of nitrogens with zero attached hydrogens (tertiary/aromatic N) is 2. The lowest BCUT2D eigenvalue weighted by Crippen LogP contribution is -2.54. The van der Waals surface area contributed by atoms with E-state index in [-0.39, 0.29) is 18.5 Å². The number of hydrogen-bond acceptors (Lipinski definition) is 5. The predicted octanol–water partition coefficient (Wildman–Crippen LogP) is 6.04. The molecule has 1 atom stereocenters. The van der Waals surface area contributed by atoms with Crippen molar-refractivity contribution < 1.29 is 22.7 Å². The lowest BCUT2D eigenvalue weighted by atomic mass is 10.0. The van der Waals surface area contributed by atoms with Gasteiger partial charge in [0.15, 0.2) is 0 Å². The molecule has 4 aromatic rings. The van der Waals surface area contributed by atoms with Gasteiger partial charge < -0.3 is 15.0 Å². The number of carbonyl (C=O) groups excluding carboxylic acids is 2. The van der Waals surface area contributed by atoms with Crippen LogP contribution in [0.25, 0.3) is 0 Å². The first-order chi connectivity index (χ1) is 22.7. The predicted molar refractivity (Wildman–Crippen MR) is 185 cm³/mol. The molecule has 5 rings (SSSR count). The molecule has 1 aliphatic rings. The van der Waals surface area contributed by atoms with Gasteiger partial charge in [-0.15, -0.1) is 0 Å². The summed E-state index contributed by atoms with van der Waals surface area (Å²) in [6.07, 6.45) is 5.30. The Hall–Kier alpha value is -4.63. The summed E-state index contributed by atoms with van der Waals surface area (Å²) in [6, 6.07) is 33.0. The van der Waals surface area contributed by atoms with Gasteiger partial charge in [-0.05, 0) is 66.3 Å². The molecule has 8 nitrogen and oxygen atoms in total. The van der Waals surface area contributed by atoms with Crippen molar-refractivity contribution in [3.05, 3.63) is 131 Å². The van der Waals surface area contributed by atoms with Gasteiger partial charge in [-0.2, -0.15) is 0 Å². The van der Waals surface area contributed by atoms with Gasteiger partial charge in [0.2, 0.25) is 21.8 Å². The van der Waals surface area contributed by atoms with Crippen LogP contribution in [0.4, 0.5) is 5.69 Å². The fourth-order valence-electron chi connectivity index (χ4n) is 5.96. The summed E-state index contributed by atoms with van der Waals surface area (Å²) >= 11 is 0. The molecule has 246 valence electrons.